The molecule has 0 amide bonds. The highest BCUT2D eigenvalue weighted by Crippen LogP contribution is 2.36. The van der Waals surface area contributed by atoms with Crippen molar-refractivity contribution in [3.8, 4) is 5.75 Å². The van der Waals surface area contributed by atoms with Gasteiger partial charge in [0.15, 0.2) is 0 Å². The van der Waals surface area contributed by atoms with Crippen LogP contribution in [0.4, 0.5) is 0 Å². The van der Waals surface area contributed by atoms with E-state index in [0.29, 0.717) is 5.69 Å². The zero-order chi connectivity index (χ0) is 16.1. The zero-order valence-corrected chi connectivity index (χ0v) is 13.4. The number of ether oxygens (including phenoxy) is 1. The number of aryl methyl sites for hydroxylation is 2. The van der Waals surface area contributed by atoms with Gasteiger partial charge in [0.2, 0.25) is 0 Å². The minimum Gasteiger partial charge on any atom is -0.497 e. The molecule has 4 rings (SSSR count). The summed E-state index contributed by atoms with van der Waals surface area (Å²) in [6, 6.07) is 10.3. The Hall–Kier alpha value is -2.59. The van der Waals surface area contributed by atoms with E-state index in [1.807, 2.05) is 12.1 Å². The predicted molar refractivity (Wildman–Crippen MR) is 92.9 cm³/mol. The molecule has 0 saturated heterocycles. The van der Waals surface area contributed by atoms with Gasteiger partial charge in [-0.3, -0.25) is 4.98 Å². The Morgan fingerprint density at radius 3 is 2.65 bits per heavy atom. The van der Waals surface area contributed by atoms with Crippen LogP contribution in [0.5, 0.6) is 5.75 Å². The lowest BCUT2D eigenvalue weighted by Gasteiger charge is -2.09. The van der Waals surface area contributed by atoms with Crippen LogP contribution in [0, 0.1) is 6.92 Å². The lowest BCUT2D eigenvalue weighted by atomic mass is 10.0. The fourth-order valence-electron chi connectivity index (χ4n) is 3.58. The van der Waals surface area contributed by atoms with Crippen molar-refractivity contribution in [1.82, 2.24) is 9.55 Å². The fourth-order valence-corrected chi connectivity index (χ4v) is 3.58. The van der Waals surface area contributed by atoms with Gasteiger partial charge in [-0.2, -0.15) is 0 Å². The number of hydrogen-bond donors (Lipinski definition) is 1. The number of fused-ring (bicyclic) bond motifs is 4. The summed E-state index contributed by atoms with van der Waals surface area (Å²) in [6.45, 7) is 2.07. The molecule has 2 aromatic carbocycles. The van der Waals surface area contributed by atoms with Gasteiger partial charge in [0.05, 0.1) is 24.9 Å². The molecular weight excluding hydrogens is 288 g/mol. The van der Waals surface area contributed by atoms with Crippen LogP contribution in [0.2, 0.25) is 0 Å². The maximum atomic E-state index is 9.61. The van der Waals surface area contributed by atoms with E-state index in [1.165, 1.54) is 11.1 Å². The molecule has 116 valence electrons. The number of aliphatic hydroxyl groups excluding tert-OH is 1. The fraction of sp³-hybridized carbons (Fsp3) is 0.211. The summed E-state index contributed by atoms with van der Waals surface area (Å²) in [7, 11) is 3.77. The summed E-state index contributed by atoms with van der Waals surface area (Å²) in [5.41, 5.74) is 4.29. The van der Waals surface area contributed by atoms with E-state index in [-0.39, 0.29) is 6.61 Å². The molecular formula is C19H18N2O2. The number of benzene rings is 2. The van der Waals surface area contributed by atoms with E-state index in [9.17, 15) is 5.11 Å². The summed E-state index contributed by atoms with van der Waals surface area (Å²) >= 11 is 0. The Balaban J connectivity index is 2.26. The Bertz CT molecular complexity index is 1060. The molecule has 2 heterocycles. The van der Waals surface area contributed by atoms with Gasteiger partial charge in [-0.1, -0.05) is 0 Å². The summed E-state index contributed by atoms with van der Waals surface area (Å²) in [6.07, 6.45) is 1.76. The van der Waals surface area contributed by atoms with E-state index in [4.69, 9.17) is 4.74 Å². The summed E-state index contributed by atoms with van der Waals surface area (Å²) in [5.74, 6) is 0.844. The van der Waals surface area contributed by atoms with Crippen LogP contribution >= 0.6 is 0 Å². The van der Waals surface area contributed by atoms with Crippen LogP contribution in [0.1, 0.15) is 11.3 Å². The molecule has 4 nitrogen and oxygen atoms in total. The summed E-state index contributed by atoms with van der Waals surface area (Å²) < 4.78 is 7.60. The molecule has 0 spiro atoms. The van der Waals surface area contributed by atoms with Gasteiger partial charge >= 0.3 is 0 Å². The minimum absolute atomic E-state index is 0.0592. The van der Waals surface area contributed by atoms with Crippen molar-refractivity contribution in [2.24, 2.45) is 7.05 Å². The van der Waals surface area contributed by atoms with Crippen molar-refractivity contribution < 1.29 is 9.84 Å². The number of pyridine rings is 1. The van der Waals surface area contributed by atoms with Crippen LogP contribution in [-0.2, 0) is 13.7 Å². The topological polar surface area (TPSA) is 47.3 Å². The highest BCUT2D eigenvalue weighted by molar-refractivity contribution is 6.15. The second kappa shape index (κ2) is 4.96. The number of methoxy groups -OCH3 is 1. The normalized spacial score (nSPS) is 11.7. The lowest BCUT2D eigenvalue weighted by molar-refractivity contribution is 0.278. The third kappa shape index (κ3) is 1.85. The van der Waals surface area contributed by atoms with Crippen molar-refractivity contribution in [3.63, 3.8) is 0 Å². The summed E-state index contributed by atoms with van der Waals surface area (Å²) in [5, 5.41) is 14.1. The van der Waals surface area contributed by atoms with Gasteiger partial charge in [-0.25, -0.2) is 0 Å². The van der Waals surface area contributed by atoms with Crippen molar-refractivity contribution in [2.75, 3.05) is 7.11 Å². The second-order valence-electron chi connectivity index (χ2n) is 5.85. The van der Waals surface area contributed by atoms with Gasteiger partial charge < -0.3 is 14.4 Å². The van der Waals surface area contributed by atoms with Gasteiger partial charge in [0, 0.05) is 34.9 Å². The predicted octanol–water partition coefficient (Wildman–Crippen LogP) is 3.69. The average Bonchev–Trinajstić information content (AvgIpc) is 2.87. The van der Waals surface area contributed by atoms with E-state index < -0.39 is 0 Å². The maximum Gasteiger partial charge on any atom is 0.119 e. The standard InChI is InChI=1S/C19H18N2O2/c1-11-13-6-7-20-17(10-22)14(13)9-16-15-8-12(23-3)4-5-18(15)21(2)19(11)16/h4-9,22H,10H2,1-3H3. The first-order chi connectivity index (χ1) is 11.2. The molecule has 0 radical (unpaired) electrons. The first-order valence-electron chi connectivity index (χ1n) is 7.60. The third-order valence-electron chi connectivity index (χ3n) is 4.72. The number of nitrogens with zero attached hydrogens (tertiary/aromatic N) is 2. The van der Waals surface area contributed by atoms with Crippen molar-refractivity contribution in [3.05, 3.63) is 47.8 Å². The van der Waals surface area contributed by atoms with Gasteiger partial charge in [0.1, 0.15) is 5.75 Å². The Labute approximate surface area is 133 Å². The molecule has 4 aromatic rings. The molecule has 1 N–H and O–H groups in total. The number of aromatic nitrogens is 2. The number of rotatable bonds is 2. The summed E-state index contributed by atoms with van der Waals surface area (Å²) in [4.78, 5) is 4.31. The van der Waals surface area contributed by atoms with Crippen molar-refractivity contribution >= 4 is 32.6 Å². The Morgan fingerprint density at radius 2 is 1.91 bits per heavy atom. The highest BCUT2D eigenvalue weighted by Gasteiger charge is 2.15. The molecule has 23 heavy (non-hydrogen) atoms. The van der Waals surface area contributed by atoms with E-state index in [2.05, 4.69) is 41.7 Å². The SMILES string of the molecule is COc1ccc2c(c1)c1cc3c(CO)nccc3c(C)c1n2C. The average molecular weight is 306 g/mol. The van der Waals surface area contributed by atoms with E-state index in [1.54, 1.807) is 13.3 Å². The molecule has 0 unspecified atom stereocenters. The molecule has 0 saturated carbocycles. The Kier molecular flexibility index (Phi) is 3.03. The van der Waals surface area contributed by atoms with Crippen LogP contribution in [0.25, 0.3) is 32.6 Å². The van der Waals surface area contributed by atoms with Crippen LogP contribution < -0.4 is 4.74 Å². The van der Waals surface area contributed by atoms with Crippen LogP contribution in [-0.4, -0.2) is 21.8 Å². The number of aliphatic hydroxyl groups is 1. The minimum atomic E-state index is -0.0592. The van der Waals surface area contributed by atoms with E-state index in [0.717, 1.165) is 32.8 Å². The second-order valence-corrected chi connectivity index (χ2v) is 5.85. The highest BCUT2D eigenvalue weighted by atomic mass is 16.5. The molecule has 0 bridgehead atoms. The molecule has 0 aliphatic carbocycles. The first-order valence-corrected chi connectivity index (χ1v) is 7.60. The van der Waals surface area contributed by atoms with E-state index >= 15 is 0 Å². The quantitative estimate of drug-likeness (QED) is 0.614. The van der Waals surface area contributed by atoms with Crippen molar-refractivity contribution in [2.45, 2.75) is 13.5 Å². The third-order valence-corrected chi connectivity index (χ3v) is 4.72. The molecule has 0 aliphatic heterocycles. The first kappa shape index (κ1) is 14.0. The Morgan fingerprint density at radius 1 is 1.09 bits per heavy atom. The molecule has 0 fully saturated rings. The smallest absolute Gasteiger partial charge is 0.119 e. The number of hydrogen-bond acceptors (Lipinski definition) is 3. The van der Waals surface area contributed by atoms with Gasteiger partial charge in [0.25, 0.3) is 0 Å². The largest absolute Gasteiger partial charge is 0.497 e. The van der Waals surface area contributed by atoms with Crippen LogP contribution in [0.3, 0.4) is 0 Å². The zero-order valence-electron chi connectivity index (χ0n) is 13.4. The van der Waals surface area contributed by atoms with Gasteiger partial charge in [-0.15, -0.1) is 0 Å². The molecule has 4 heteroatoms. The molecule has 2 aromatic heterocycles. The van der Waals surface area contributed by atoms with Gasteiger partial charge in [-0.05, 0) is 48.2 Å². The maximum absolute atomic E-state index is 9.61. The van der Waals surface area contributed by atoms with Crippen molar-refractivity contribution in [1.29, 1.82) is 0 Å². The molecule has 0 atom stereocenters. The van der Waals surface area contributed by atoms with Crippen LogP contribution in [0.15, 0.2) is 36.5 Å². The molecule has 0 aliphatic rings. The monoisotopic (exact) mass is 306 g/mol. The lowest BCUT2D eigenvalue weighted by Crippen LogP contribution is -1.94.